The van der Waals surface area contributed by atoms with Crippen molar-refractivity contribution in [2.45, 2.75) is 6.42 Å². The molecule has 1 aromatic carbocycles. The van der Waals surface area contributed by atoms with E-state index in [9.17, 15) is 0 Å². The lowest BCUT2D eigenvalue weighted by Gasteiger charge is -2.07. The van der Waals surface area contributed by atoms with E-state index in [1.807, 2.05) is 18.3 Å². The topological polar surface area (TPSA) is 12.4 Å². The molecule has 1 heterocycles. The van der Waals surface area contributed by atoms with E-state index in [0.717, 1.165) is 13.0 Å². The van der Waals surface area contributed by atoms with E-state index in [0.29, 0.717) is 0 Å². The maximum atomic E-state index is 4.17. The van der Waals surface area contributed by atoms with Crippen LogP contribution in [0, 0.1) is 6.07 Å². The van der Waals surface area contributed by atoms with Gasteiger partial charge in [-0.3, -0.25) is 4.99 Å². The molecule has 0 aromatic heterocycles. The average Bonchev–Trinajstić information content (AvgIpc) is 2.05. The minimum absolute atomic E-state index is 0.941. The van der Waals surface area contributed by atoms with E-state index in [2.05, 4.69) is 17.1 Å². The van der Waals surface area contributed by atoms with Crippen LogP contribution in [0.1, 0.15) is 11.1 Å². The van der Waals surface area contributed by atoms with Gasteiger partial charge in [0.15, 0.2) is 0 Å². The summed E-state index contributed by atoms with van der Waals surface area (Å²) >= 11 is 0. The summed E-state index contributed by atoms with van der Waals surface area (Å²) in [6, 6.07) is 9.08. The molecule has 49 valence electrons. The number of rotatable bonds is 0. The molecular formula is C9H8N. The average molecular weight is 130 g/mol. The van der Waals surface area contributed by atoms with Crippen LogP contribution in [-0.4, -0.2) is 12.8 Å². The zero-order valence-electron chi connectivity index (χ0n) is 5.67. The predicted octanol–water partition coefficient (Wildman–Crippen LogP) is 1.46. The molecule has 1 aromatic rings. The maximum Gasteiger partial charge on any atom is 0.0430 e. The molecule has 1 aliphatic rings. The van der Waals surface area contributed by atoms with Crippen molar-refractivity contribution in [3.05, 3.63) is 35.4 Å². The fourth-order valence-electron chi connectivity index (χ4n) is 1.17. The number of hydrogen-bond acceptors (Lipinski definition) is 1. The fraction of sp³-hybridized carbons (Fsp3) is 0.222. The van der Waals surface area contributed by atoms with Gasteiger partial charge in [0, 0.05) is 12.8 Å². The third-order valence-corrected chi connectivity index (χ3v) is 1.73. The molecule has 0 atom stereocenters. The molecule has 0 unspecified atom stereocenters. The summed E-state index contributed by atoms with van der Waals surface area (Å²) in [4.78, 5) is 4.17. The Bertz CT molecular complexity index is 263. The molecule has 0 saturated carbocycles. The third kappa shape index (κ3) is 0.838. The highest BCUT2D eigenvalue weighted by Crippen LogP contribution is 2.09. The number of hydrogen-bond donors (Lipinski definition) is 0. The number of aliphatic imine (C=N–C) groups is 1. The smallest absolute Gasteiger partial charge is 0.0430 e. The molecule has 2 rings (SSSR count). The van der Waals surface area contributed by atoms with Gasteiger partial charge in [0.2, 0.25) is 0 Å². The Morgan fingerprint density at radius 1 is 1.50 bits per heavy atom. The van der Waals surface area contributed by atoms with Crippen molar-refractivity contribution in [1.82, 2.24) is 0 Å². The Morgan fingerprint density at radius 2 is 2.50 bits per heavy atom. The number of benzene rings is 1. The van der Waals surface area contributed by atoms with Crippen molar-refractivity contribution < 1.29 is 0 Å². The van der Waals surface area contributed by atoms with Crippen LogP contribution in [0.2, 0.25) is 0 Å². The molecule has 0 spiro atoms. The van der Waals surface area contributed by atoms with Crippen LogP contribution in [-0.2, 0) is 6.42 Å². The van der Waals surface area contributed by atoms with E-state index in [1.54, 1.807) is 0 Å². The van der Waals surface area contributed by atoms with Crippen LogP contribution < -0.4 is 0 Å². The molecule has 0 N–H and O–H groups in total. The van der Waals surface area contributed by atoms with Gasteiger partial charge in [0.05, 0.1) is 0 Å². The Hall–Kier alpha value is -1.11. The van der Waals surface area contributed by atoms with Crippen molar-refractivity contribution in [3.63, 3.8) is 0 Å². The zero-order chi connectivity index (χ0) is 6.81. The van der Waals surface area contributed by atoms with Crippen molar-refractivity contribution in [2.24, 2.45) is 4.99 Å². The molecule has 0 amide bonds. The second-order valence-electron chi connectivity index (χ2n) is 2.41. The van der Waals surface area contributed by atoms with Crippen LogP contribution in [0.5, 0.6) is 0 Å². The van der Waals surface area contributed by atoms with Gasteiger partial charge in [-0.1, -0.05) is 12.1 Å². The monoisotopic (exact) mass is 130 g/mol. The predicted molar refractivity (Wildman–Crippen MR) is 41.4 cm³/mol. The highest BCUT2D eigenvalue weighted by molar-refractivity contribution is 5.82. The quantitative estimate of drug-likeness (QED) is 0.504. The van der Waals surface area contributed by atoms with E-state index >= 15 is 0 Å². The number of fused-ring (bicyclic) bond motifs is 1. The maximum absolute atomic E-state index is 4.17. The van der Waals surface area contributed by atoms with E-state index in [4.69, 9.17) is 0 Å². The van der Waals surface area contributed by atoms with Gasteiger partial charge >= 0.3 is 0 Å². The van der Waals surface area contributed by atoms with Crippen molar-refractivity contribution in [2.75, 3.05) is 6.54 Å². The van der Waals surface area contributed by atoms with Crippen LogP contribution in [0.4, 0.5) is 0 Å². The summed E-state index contributed by atoms with van der Waals surface area (Å²) in [7, 11) is 0. The first-order valence-electron chi connectivity index (χ1n) is 3.45. The highest BCUT2D eigenvalue weighted by Gasteiger charge is 2.01. The lowest BCUT2D eigenvalue weighted by Crippen LogP contribution is -2.01. The Morgan fingerprint density at radius 3 is 3.40 bits per heavy atom. The van der Waals surface area contributed by atoms with Gasteiger partial charge in [-0.2, -0.15) is 0 Å². The van der Waals surface area contributed by atoms with Gasteiger partial charge in [-0.25, -0.2) is 0 Å². The molecule has 1 aliphatic heterocycles. The van der Waals surface area contributed by atoms with Crippen molar-refractivity contribution in [3.8, 4) is 0 Å². The summed E-state index contributed by atoms with van der Waals surface area (Å²) in [5, 5.41) is 0. The molecule has 0 aliphatic carbocycles. The molecule has 1 radical (unpaired) electrons. The van der Waals surface area contributed by atoms with Crippen LogP contribution >= 0.6 is 0 Å². The lowest BCUT2D eigenvalue weighted by molar-refractivity contribution is 0.952. The van der Waals surface area contributed by atoms with Gasteiger partial charge in [0.25, 0.3) is 0 Å². The summed E-state index contributed by atoms with van der Waals surface area (Å²) in [6.07, 6.45) is 3.01. The molecular weight excluding hydrogens is 122 g/mol. The zero-order valence-corrected chi connectivity index (χ0v) is 5.67. The first kappa shape index (κ1) is 5.66. The lowest BCUT2D eigenvalue weighted by atomic mass is 10.0. The Balaban J connectivity index is 2.54. The van der Waals surface area contributed by atoms with E-state index < -0.39 is 0 Å². The first-order valence-corrected chi connectivity index (χ1v) is 3.45. The van der Waals surface area contributed by atoms with Gasteiger partial charge in [0.1, 0.15) is 0 Å². The van der Waals surface area contributed by atoms with Gasteiger partial charge in [-0.05, 0) is 29.7 Å². The standard InChI is InChI=1S/C9H8N/c1-2-4-9-7-10-6-5-8(9)3-1/h1,3-4,7H,5-6H2. The molecule has 10 heavy (non-hydrogen) atoms. The summed E-state index contributed by atoms with van der Waals surface area (Å²) in [5.74, 6) is 0. The van der Waals surface area contributed by atoms with Crippen LogP contribution in [0.25, 0.3) is 0 Å². The molecule has 1 heteroatoms. The molecule has 0 fully saturated rings. The van der Waals surface area contributed by atoms with Crippen molar-refractivity contribution >= 4 is 6.21 Å². The fourth-order valence-corrected chi connectivity index (χ4v) is 1.17. The molecule has 0 bridgehead atoms. The second-order valence-corrected chi connectivity index (χ2v) is 2.41. The number of nitrogens with zero attached hydrogens (tertiary/aromatic N) is 1. The Kier molecular flexibility index (Phi) is 1.28. The summed E-state index contributed by atoms with van der Waals surface area (Å²) < 4.78 is 0. The van der Waals surface area contributed by atoms with Gasteiger partial charge in [-0.15, -0.1) is 0 Å². The highest BCUT2D eigenvalue weighted by atomic mass is 14.7. The molecule has 1 nitrogen and oxygen atoms in total. The minimum Gasteiger partial charge on any atom is -0.292 e. The van der Waals surface area contributed by atoms with Crippen LogP contribution in [0.15, 0.2) is 23.2 Å². The third-order valence-electron chi connectivity index (χ3n) is 1.73. The van der Waals surface area contributed by atoms with E-state index in [-0.39, 0.29) is 0 Å². The normalized spacial score (nSPS) is 14.8. The van der Waals surface area contributed by atoms with Crippen LogP contribution in [0.3, 0.4) is 0 Å². The molecule has 0 saturated heterocycles. The first-order chi connectivity index (χ1) is 4.97. The minimum atomic E-state index is 0.941. The Labute approximate surface area is 60.4 Å². The summed E-state index contributed by atoms with van der Waals surface area (Å²) in [6.45, 7) is 0.941. The van der Waals surface area contributed by atoms with Crippen molar-refractivity contribution in [1.29, 1.82) is 0 Å². The second kappa shape index (κ2) is 2.25. The van der Waals surface area contributed by atoms with E-state index in [1.165, 1.54) is 11.1 Å². The van der Waals surface area contributed by atoms with Gasteiger partial charge < -0.3 is 0 Å². The summed E-state index contributed by atoms with van der Waals surface area (Å²) in [5.41, 5.74) is 2.63. The SMILES string of the molecule is [c]1ccc2c(c1)C=NCC2. The largest absolute Gasteiger partial charge is 0.292 e.